The molecule has 0 fully saturated rings. The molecule has 2 aromatic heterocycles. The third-order valence-corrected chi connectivity index (χ3v) is 6.90. The highest BCUT2D eigenvalue weighted by Crippen LogP contribution is 2.39. The Morgan fingerprint density at radius 1 is 0.688 bits per heavy atom. The molecule has 162 valence electrons. The van der Waals surface area contributed by atoms with E-state index in [-0.39, 0.29) is 25.2 Å². The second kappa shape index (κ2) is 10.0. The molecule has 6 nitrogen and oxygen atoms in total. The van der Waals surface area contributed by atoms with Crippen molar-refractivity contribution >= 4 is 55.3 Å². The van der Waals surface area contributed by atoms with E-state index in [4.69, 9.17) is 9.47 Å². The fourth-order valence-corrected chi connectivity index (χ4v) is 4.95. The van der Waals surface area contributed by atoms with Crippen LogP contribution in [0.2, 0.25) is 0 Å². The van der Waals surface area contributed by atoms with Crippen molar-refractivity contribution < 1.29 is 19.1 Å². The number of benzene rings is 2. The van der Waals surface area contributed by atoms with Gasteiger partial charge >= 0.3 is 11.9 Å². The van der Waals surface area contributed by atoms with Crippen LogP contribution < -0.4 is 0 Å². The predicted octanol–water partition coefficient (Wildman–Crippen LogP) is 5.71. The summed E-state index contributed by atoms with van der Waals surface area (Å²) in [5.74, 6) is -0.646. The summed E-state index contributed by atoms with van der Waals surface area (Å²) in [6.45, 7) is 3.11. The second-order valence-corrected chi connectivity index (χ2v) is 9.32. The summed E-state index contributed by atoms with van der Waals surface area (Å²) in [7, 11) is 3.27. The lowest BCUT2D eigenvalue weighted by atomic mass is 10.2. The molecule has 0 aliphatic heterocycles. The third-order valence-electron chi connectivity index (χ3n) is 4.52. The van der Waals surface area contributed by atoms with Crippen LogP contribution in [0, 0.1) is 0 Å². The molecule has 4 rings (SSSR count). The normalized spacial score (nSPS) is 10.9. The smallest absolute Gasteiger partial charge is 0.303 e. The minimum atomic E-state index is -0.323. The van der Waals surface area contributed by atoms with Gasteiger partial charge in [-0.2, -0.15) is 0 Å². The Balaban J connectivity index is 1.47. The van der Waals surface area contributed by atoms with Gasteiger partial charge in [0.1, 0.15) is 13.2 Å². The monoisotopic (exact) mass is 464 g/mol. The fraction of sp³-hybridized carbons (Fsp3) is 0.167. The standard InChI is InChI=1S/C24H20N2O4S2/c1-15(27)29-13-19-7-3-17-5-9-21(11-23(17)25-19)31-32-22-10-6-18-4-8-20(14-30-16(2)28)26-24(18)12-22/h3-12H,13-14H2,1-2H3. The first-order valence-electron chi connectivity index (χ1n) is 9.87. The lowest BCUT2D eigenvalue weighted by molar-refractivity contribution is -0.143. The number of hydrogen-bond donors (Lipinski definition) is 0. The van der Waals surface area contributed by atoms with E-state index in [0.717, 1.165) is 31.6 Å². The SMILES string of the molecule is CC(=O)OCc1ccc2ccc(SSc3ccc4ccc(COC(C)=O)nc4c3)cc2n1. The van der Waals surface area contributed by atoms with Crippen molar-refractivity contribution in [1.29, 1.82) is 0 Å². The summed E-state index contributed by atoms with van der Waals surface area (Å²) in [5, 5.41) is 2.06. The highest BCUT2D eigenvalue weighted by molar-refractivity contribution is 8.76. The summed E-state index contributed by atoms with van der Waals surface area (Å²) in [6.07, 6.45) is 0. The van der Waals surface area contributed by atoms with Crippen LogP contribution in [0.3, 0.4) is 0 Å². The molecule has 32 heavy (non-hydrogen) atoms. The summed E-state index contributed by atoms with van der Waals surface area (Å²) < 4.78 is 10.1. The van der Waals surface area contributed by atoms with Gasteiger partial charge in [0.2, 0.25) is 0 Å². The van der Waals surface area contributed by atoms with E-state index < -0.39 is 0 Å². The molecule has 2 aromatic carbocycles. The molecule has 0 saturated heterocycles. The molecule has 0 bridgehead atoms. The van der Waals surface area contributed by atoms with Gasteiger partial charge in [-0.15, -0.1) is 0 Å². The summed E-state index contributed by atoms with van der Waals surface area (Å²) in [5.41, 5.74) is 3.14. The molecule has 0 radical (unpaired) electrons. The van der Waals surface area contributed by atoms with Gasteiger partial charge in [-0.05, 0) is 36.4 Å². The molecule has 0 N–H and O–H groups in total. The van der Waals surface area contributed by atoms with E-state index in [0.29, 0.717) is 11.4 Å². The molecule has 0 aliphatic rings. The number of nitrogens with zero attached hydrogens (tertiary/aromatic N) is 2. The lowest BCUT2D eigenvalue weighted by Gasteiger charge is -2.07. The molecule has 0 amide bonds. The summed E-state index contributed by atoms with van der Waals surface area (Å²) in [6, 6.07) is 19.9. The summed E-state index contributed by atoms with van der Waals surface area (Å²) in [4.78, 5) is 33.4. The van der Waals surface area contributed by atoms with Crippen molar-refractivity contribution in [2.75, 3.05) is 0 Å². The van der Waals surface area contributed by atoms with Gasteiger partial charge in [0.15, 0.2) is 0 Å². The van der Waals surface area contributed by atoms with Crippen molar-refractivity contribution in [1.82, 2.24) is 9.97 Å². The van der Waals surface area contributed by atoms with E-state index >= 15 is 0 Å². The van der Waals surface area contributed by atoms with Gasteiger partial charge < -0.3 is 9.47 Å². The molecule has 0 atom stereocenters. The topological polar surface area (TPSA) is 78.4 Å². The zero-order valence-electron chi connectivity index (χ0n) is 17.5. The maximum absolute atomic E-state index is 11.0. The molecule has 2 heterocycles. The van der Waals surface area contributed by atoms with Crippen LogP contribution in [0.5, 0.6) is 0 Å². The zero-order chi connectivity index (χ0) is 22.5. The maximum atomic E-state index is 11.0. The molecular formula is C24H20N2O4S2. The van der Waals surface area contributed by atoms with Crippen molar-refractivity contribution in [2.24, 2.45) is 0 Å². The number of fused-ring (bicyclic) bond motifs is 2. The Bertz CT molecular complexity index is 1210. The lowest BCUT2D eigenvalue weighted by Crippen LogP contribution is -2.00. The van der Waals surface area contributed by atoms with Crippen molar-refractivity contribution in [3.63, 3.8) is 0 Å². The van der Waals surface area contributed by atoms with Crippen molar-refractivity contribution in [3.05, 3.63) is 72.1 Å². The molecule has 0 unspecified atom stereocenters. The molecule has 0 saturated carbocycles. The first kappa shape index (κ1) is 22.1. The van der Waals surface area contributed by atoms with Crippen LogP contribution in [-0.2, 0) is 32.3 Å². The fourth-order valence-electron chi connectivity index (χ4n) is 2.99. The Morgan fingerprint density at radius 2 is 1.09 bits per heavy atom. The molecule has 0 spiro atoms. The number of hydrogen-bond acceptors (Lipinski definition) is 8. The molecule has 8 heteroatoms. The van der Waals surface area contributed by atoms with Gasteiger partial charge in [-0.3, -0.25) is 9.59 Å². The highest BCUT2D eigenvalue weighted by Gasteiger charge is 2.06. The zero-order valence-corrected chi connectivity index (χ0v) is 19.2. The Morgan fingerprint density at radius 3 is 1.50 bits per heavy atom. The van der Waals surface area contributed by atoms with Crippen molar-refractivity contribution in [2.45, 2.75) is 36.9 Å². The first-order valence-corrected chi connectivity index (χ1v) is 12.0. The third kappa shape index (κ3) is 5.77. The van der Waals surface area contributed by atoms with Gasteiger partial charge in [0, 0.05) is 34.4 Å². The van der Waals surface area contributed by atoms with E-state index in [9.17, 15) is 9.59 Å². The van der Waals surface area contributed by atoms with Crippen LogP contribution in [0.4, 0.5) is 0 Å². The number of rotatable bonds is 7. The molecule has 0 aliphatic carbocycles. The minimum Gasteiger partial charge on any atom is -0.459 e. The van der Waals surface area contributed by atoms with E-state index in [1.54, 1.807) is 21.6 Å². The minimum absolute atomic E-state index is 0.168. The first-order chi connectivity index (χ1) is 15.5. The van der Waals surface area contributed by atoms with Crippen LogP contribution >= 0.6 is 21.6 Å². The van der Waals surface area contributed by atoms with Crippen LogP contribution in [0.1, 0.15) is 25.2 Å². The van der Waals surface area contributed by atoms with E-state index in [1.165, 1.54) is 13.8 Å². The van der Waals surface area contributed by atoms with Gasteiger partial charge in [0.25, 0.3) is 0 Å². The van der Waals surface area contributed by atoms with Crippen molar-refractivity contribution in [3.8, 4) is 0 Å². The maximum Gasteiger partial charge on any atom is 0.303 e. The molecular weight excluding hydrogens is 444 g/mol. The average Bonchev–Trinajstić information content (AvgIpc) is 2.79. The van der Waals surface area contributed by atoms with E-state index in [2.05, 4.69) is 22.1 Å². The number of esters is 2. The number of carbonyl (C=O) groups excluding carboxylic acids is 2. The van der Waals surface area contributed by atoms with E-state index in [1.807, 2.05) is 48.5 Å². The average molecular weight is 465 g/mol. The Hall–Kier alpha value is -3.10. The largest absolute Gasteiger partial charge is 0.459 e. The predicted molar refractivity (Wildman–Crippen MR) is 126 cm³/mol. The van der Waals surface area contributed by atoms with Crippen LogP contribution in [0.25, 0.3) is 21.8 Å². The number of carbonyl (C=O) groups is 2. The van der Waals surface area contributed by atoms with Crippen LogP contribution in [0.15, 0.2) is 70.5 Å². The quantitative estimate of drug-likeness (QED) is 0.254. The summed E-state index contributed by atoms with van der Waals surface area (Å²) >= 11 is 0. The van der Waals surface area contributed by atoms with Gasteiger partial charge in [-0.25, -0.2) is 9.97 Å². The second-order valence-electron chi connectivity index (χ2n) is 7.04. The Labute approximate surface area is 193 Å². The number of pyridine rings is 2. The Kier molecular flexibility index (Phi) is 6.92. The highest BCUT2D eigenvalue weighted by atomic mass is 33.1. The number of ether oxygens (including phenoxy) is 2. The van der Waals surface area contributed by atoms with Gasteiger partial charge in [0.05, 0.1) is 22.4 Å². The number of aromatic nitrogens is 2. The van der Waals surface area contributed by atoms with Crippen LogP contribution in [-0.4, -0.2) is 21.9 Å². The molecule has 4 aromatic rings. The van der Waals surface area contributed by atoms with Gasteiger partial charge in [-0.1, -0.05) is 45.9 Å².